The summed E-state index contributed by atoms with van der Waals surface area (Å²) in [6, 6.07) is 7.83. The first kappa shape index (κ1) is 18.3. The van der Waals surface area contributed by atoms with Gasteiger partial charge in [0.25, 0.3) is 0 Å². The van der Waals surface area contributed by atoms with Gasteiger partial charge in [-0.25, -0.2) is 0 Å². The van der Waals surface area contributed by atoms with Gasteiger partial charge in [-0.1, -0.05) is 23.7 Å². The summed E-state index contributed by atoms with van der Waals surface area (Å²) in [6.45, 7) is 4.03. The third-order valence-corrected chi connectivity index (χ3v) is 3.27. The lowest BCUT2D eigenvalue weighted by Crippen LogP contribution is -2.38. The Kier molecular flexibility index (Phi) is 8.36. The summed E-state index contributed by atoms with van der Waals surface area (Å²) in [5.41, 5.74) is 1.18. The van der Waals surface area contributed by atoms with Gasteiger partial charge in [0.1, 0.15) is 0 Å². The van der Waals surface area contributed by atoms with E-state index in [0.29, 0.717) is 13.0 Å². The van der Waals surface area contributed by atoms with Crippen molar-refractivity contribution in [2.75, 3.05) is 33.7 Å². The van der Waals surface area contributed by atoms with Gasteiger partial charge >= 0.3 is 0 Å². The zero-order valence-electron chi connectivity index (χ0n) is 13.5. The Hall–Kier alpha value is -1.75. The van der Waals surface area contributed by atoms with Gasteiger partial charge in [0.05, 0.1) is 6.54 Å². The number of aliphatic imine (C=N–C) groups is 1. The van der Waals surface area contributed by atoms with Crippen molar-refractivity contribution in [3.8, 4) is 0 Å². The van der Waals surface area contributed by atoms with Crippen molar-refractivity contribution in [3.05, 3.63) is 34.9 Å². The highest BCUT2D eigenvalue weighted by molar-refractivity contribution is 6.30. The number of halogens is 1. The molecule has 0 unspecified atom stereocenters. The highest BCUT2D eigenvalue weighted by Gasteiger charge is 2.03. The summed E-state index contributed by atoms with van der Waals surface area (Å²) >= 11 is 5.97. The van der Waals surface area contributed by atoms with E-state index < -0.39 is 0 Å². The maximum absolute atomic E-state index is 11.5. The van der Waals surface area contributed by atoms with E-state index in [4.69, 9.17) is 11.6 Å². The molecule has 0 atom stereocenters. The Morgan fingerprint density at radius 2 is 2.09 bits per heavy atom. The fourth-order valence-corrected chi connectivity index (χ4v) is 2.06. The number of nitrogens with one attached hydrogen (secondary N) is 2. The predicted octanol–water partition coefficient (Wildman–Crippen LogP) is 1.92. The monoisotopic (exact) mass is 324 g/mol. The number of carbonyl (C=O) groups excluding carboxylic acids is 1. The molecule has 0 radical (unpaired) electrons. The number of carbonyl (C=O) groups is 1. The highest BCUT2D eigenvalue weighted by Crippen LogP contribution is 2.10. The second-order valence-corrected chi connectivity index (χ2v) is 5.54. The summed E-state index contributed by atoms with van der Waals surface area (Å²) in [7, 11) is 3.50. The molecule has 0 fully saturated rings. The van der Waals surface area contributed by atoms with Gasteiger partial charge in [0.2, 0.25) is 5.91 Å². The van der Waals surface area contributed by atoms with Crippen LogP contribution >= 0.6 is 11.6 Å². The molecule has 6 heteroatoms. The molecule has 122 valence electrons. The van der Waals surface area contributed by atoms with Gasteiger partial charge in [-0.2, -0.15) is 0 Å². The Balaban J connectivity index is 2.41. The van der Waals surface area contributed by atoms with Crippen LogP contribution in [-0.2, 0) is 11.2 Å². The first-order chi connectivity index (χ1) is 10.5. The zero-order chi connectivity index (χ0) is 16.4. The van der Waals surface area contributed by atoms with Gasteiger partial charge in [-0.3, -0.25) is 9.79 Å². The van der Waals surface area contributed by atoms with E-state index in [2.05, 4.69) is 15.6 Å². The normalized spacial score (nSPS) is 11.2. The second-order valence-electron chi connectivity index (χ2n) is 5.11. The molecule has 0 bridgehead atoms. The average Bonchev–Trinajstić information content (AvgIpc) is 2.47. The van der Waals surface area contributed by atoms with E-state index in [0.717, 1.165) is 30.5 Å². The average molecular weight is 325 g/mol. The number of benzene rings is 1. The van der Waals surface area contributed by atoms with E-state index in [1.54, 1.807) is 19.0 Å². The molecule has 0 saturated heterocycles. The van der Waals surface area contributed by atoms with Crippen LogP contribution in [0, 0.1) is 0 Å². The van der Waals surface area contributed by atoms with Crippen molar-refractivity contribution < 1.29 is 4.79 Å². The van der Waals surface area contributed by atoms with Gasteiger partial charge in [0.15, 0.2) is 5.96 Å². The van der Waals surface area contributed by atoms with E-state index >= 15 is 0 Å². The quantitative estimate of drug-likeness (QED) is 0.595. The summed E-state index contributed by atoms with van der Waals surface area (Å²) in [6.07, 6.45) is 1.28. The number of rotatable bonds is 7. The molecule has 1 rings (SSSR count). The first-order valence-corrected chi connectivity index (χ1v) is 7.87. The van der Waals surface area contributed by atoms with Crippen molar-refractivity contribution >= 4 is 23.5 Å². The Bertz CT molecular complexity index is 503. The van der Waals surface area contributed by atoms with Crippen LogP contribution in [-0.4, -0.2) is 50.5 Å². The minimum absolute atomic E-state index is 0.0820. The van der Waals surface area contributed by atoms with Gasteiger partial charge < -0.3 is 15.5 Å². The summed E-state index contributed by atoms with van der Waals surface area (Å²) in [5.74, 6) is 0.814. The molecule has 0 aromatic heterocycles. The Morgan fingerprint density at radius 1 is 1.32 bits per heavy atom. The molecule has 1 amide bonds. The molecule has 0 aliphatic carbocycles. The molecule has 0 aliphatic heterocycles. The van der Waals surface area contributed by atoms with Gasteiger partial charge in [-0.05, 0) is 31.0 Å². The molecule has 0 aliphatic rings. The number of hydrogen-bond acceptors (Lipinski definition) is 2. The lowest BCUT2D eigenvalue weighted by Gasteiger charge is -2.12. The van der Waals surface area contributed by atoms with Gasteiger partial charge in [-0.15, -0.1) is 0 Å². The Labute approximate surface area is 137 Å². The fourth-order valence-electron chi connectivity index (χ4n) is 1.85. The molecule has 1 aromatic rings. The van der Waals surface area contributed by atoms with Crippen molar-refractivity contribution in [3.63, 3.8) is 0 Å². The molecule has 2 N–H and O–H groups in total. The van der Waals surface area contributed by atoms with Crippen molar-refractivity contribution in [1.82, 2.24) is 15.5 Å². The molecular formula is C16H25ClN4O. The maximum Gasteiger partial charge on any atom is 0.223 e. The highest BCUT2D eigenvalue weighted by atomic mass is 35.5. The lowest BCUT2D eigenvalue weighted by molar-refractivity contribution is -0.128. The van der Waals surface area contributed by atoms with E-state index in [1.807, 2.05) is 31.2 Å². The third kappa shape index (κ3) is 7.31. The largest absolute Gasteiger partial charge is 0.357 e. The first-order valence-electron chi connectivity index (χ1n) is 7.49. The van der Waals surface area contributed by atoms with Crippen molar-refractivity contribution in [1.29, 1.82) is 0 Å². The molecular weight excluding hydrogens is 300 g/mol. The molecule has 0 heterocycles. The van der Waals surface area contributed by atoms with E-state index in [-0.39, 0.29) is 5.91 Å². The fraction of sp³-hybridized carbons (Fsp3) is 0.500. The number of amides is 1. The minimum Gasteiger partial charge on any atom is -0.357 e. The van der Waals surface area contributed by atoms with Gasteiger partial charge in [0, 0.05) is 38.6 Å². The maximum atomic E-state index is 11.5. The summed E-state index contributed by atoms with van der Waals surface area (Å²) < 4.78 is 0. The SMILES string of the molecule is CCNC(=NCCC(=O)N(C)C)NCCc1cccc(Cl)c1. The smallest absolute Gasteiger partial charge is 0.223 e. The van der Waals surface area contributed by atoms with Crippen molar-refractivity contribution in [2.45, 2.75) is 19.8 Å². The van der Waals surface area contributed by atoms with E-state index in [1.165, 1.54) is 5.56 Å². The lowest BCUT2D eigenvalue weighted by atomic mass is 10.1. The van der Waals surface area contributed by atoms with Crippen LogP contribution in [0.5, 0.6) is 0 Å². The number of hydrogen-bond donors (Lipinski definition) is 2. The summed E-state index contributed by atoms with van der Waals surface area (Å²) in [4.78, 5) is 17.5. The van der Waals surface area contributed by atoms with Crippen LogP contribution in [0.25, 0.3) is 0 Å². The van der Waals surface area contributed by atoms with Crippen LogP contribution in [0.2, 0.25) is 5.02 Å². The minimum atomic E-state index is 0.0820. The standard InChI is InChI=1S/C16H25ClN4O/c1-4-18-16(20-11-9-15(22)21(2)3)19-10-8-13-6-5-7-14(17)12-13/h5-7,12H,4,8-11H2,1-3H3,(H2,18,19,20). The zero-order valence-corrected chi connectivity index (χ0v) is 14.3. The Morgan fingerprint density at radius 3 is 2.73 bits per heavy atom. The molecule has 0 saturated carbocycles. The summed E-state index contributed by atoms with van der Waals surface area (Å²) in [5, 5.41) is 7.18. The topological polar surface area (TPSA) is 56.7 Å². The van der Waals surface area contributed by atoms with Crippen LogP contribution in [0.1, 0.15) is 18.9 Å². The van der Waals surface area contributed by atoms with Crippen LogP contribution in [0.15, 0.2) is 29.3 Å². The second kappa shape index (κ2) is 10.1. The van der Waals surface area contributed by atoms with Crippen LogP contribution in [0.4, 0.5) is 0 Å². The van der Waals surface area contributed by atoms with Crippen LogP contribution in [0.3, 0.4) is 0 Å². The number of guanidine groups is 1. The molecule has 0 spiro atoms. The van der Waals surface area contributed by atoms with Crippen LogP contribution < -0.4 is 10.6 Å². The van der Waals surface area contributed by atoms with Crippen molar-refractivity contribution in [2.24, 2.45) is 4.99 Å². The third-order valence-electron chi connectivity index (χ3n) is 3.03. The predicted molar refractivity (Wildman–Crippen MR) is 92.4 cm³/mol. The molecule has 5 nitrogen and oxygen atoms in total. The molecule has 22 heavy (non-hydrogen) atoms. The molecule has 1 aromatic carbocycles. The number of nitrogens with zero attached hydrogens (tertiary/aromatic N) is 2. The van der Waals surface area contributed by atoms with E-state index in [9.17, 15) is 4.79 Å².